The highest BCUT2D eigenvalue weighted by Crippen LogP contribution is 2.20. The van der Waals surface area contributed by atoms with Crippen LogP contribution in [0.15, 0.2) is 54.6 Å². The lowest BCUT2D eigenvalue weighted by Crippen LogP contribution is -2.32. The van der Waals surface area contributed by atoms with Crippen molar-refractivity contribution in [1.29, 1.82) is 0 Å². The minimum atomic E-state index is 0.274. The van der Waals surface area contributed by atoms with Crippen LogP contribution in [0.4, 0.5) is 0 Å². The Morgan fingerprint density at radius 1 is 1.00 bits per heavy atom. The van der Waals surface area contributed by atoms with Gasteiger partial charge in [-0.05, 0) is 61.9 Å². The molecule has 0 radical (unpaired) electrons. The normalized spacial score (nSPS) is 15.0. The largest absolute Gasteiger partial charge is 0.334 e. The summed E-state index contributed by atoms with van der Waals surface area (Å²) in [6.45, 7) is 5.67. The molecule has 0 unspecified atom stereocenters. The van der Waals surface area contributed by atoms with Gasteiger partial charge in [0.25, 0.3) is 0 Å². The van der Waals surface area contributed by atoms with E-state index < -0.39 is 0 Å². The fourth-order valence-electron chi connectivity index (χ4n) is 3.69. The highest BCUT2D eigenvalue weighted by molar-refractivity contribution is 5.76. The first kappa shape index (κ1) is 18.7. The first-order valence-corrected chi connectivity index (χ1v) is 9.79. The van der Waals surface area contributed by atoms with E-state index in [9.17, 15) is 4.79 Å². The Bertz CT molecular complexity index is 692. The zero-order valence-corrected chi connectivity index (χ0v) is 15.8. The number of rotatable bonds is 7. The van der Waals surface area contributed by atoms with E-state index in [1.54, 1.807) is 0 Å². The summed E-state index contributed by atoms with van der Waals surface area (Å²) in [7, 11) is 0. The number of carbonyl (C=O) groups is 1. The van der Waals surface area contributed by atoms with Crippen LogP contribution in [-0.2, 0) is 17.9 Å². The zero-order chi connectivity index (χ0) is 18.2. The van der Waals surface area contributed by atoms with Gasteiger partial charge in [-0.3, -0.25) is 4.79 Å². The van der Waals surface area contributed by atoms with Crippen molar-refractivity contribution < 1.29 is 4.79 Å². The fraction of sp³-hybridized carbons (Fsp3) is 0.435. The number of hydrogen-bond donors (Lipinski definition) is 1. The number of hydrogen-bond acceptors (Lipinski definition) is 2. The van der Waals surface area contributed by atoms with E-state index in [2.05, 4.69) is 48.6 Å². The average molecular weight is 351 g/mol. The molecule has 2 aromatic rings. The molecule has 3 rings (SSSR count). The second kappa shape index (κ2) is 9.54. The summed E-state index contributed by atoms with van der Waals surface area (Å²) in [4.78, 5) is 15.0. The molecule has 26 heavy (non-hydrogen) atoms. The van der Waals surface area contributed by atoms with Crippen molar-refractivity contribution in [2.75, 3.05) is 13.1 Å². The smallest absolute Gasteiger partial charge is 0.223 e. The van der Waals surface area contributed by atoms with Gasteiger partial charge in [0.05, 0.1) is 0 Å². The van der Waals surface area contributed by atoms with Crippen LogP contribution in [0.2, 0.25) is 0 Å². The van der Waals surface area contributed by atoms with E-state index >= 15 is 0 Å². The molecule has 2 aromatic carbocycles. The first-order chi connectivity index (χ1) is 12.7. The maximum absolute atomic E-state index is 13.0. The van der Waals surface area contributed by atoms with Gasteiger partial charge in [0.15, 0.2) is 0 Å². The minimum Gasteiger partial charge on any atom is -0.334 e. The number of carbonyl (C=O) groups excluding carboxylic acids is 1. The molecule has 0 aliphatic carbocycles. The summed E-state index contributed by atoms with van der Waals surface area (Å²) in [5.74, 6) is 0.966. The number of nitrogens with zero attached hydrogens (tertiary/aromatic N) is 1. The minimum absolute atomic E-state index is 0.274. The monoisotopic (exact) mass is 350 g/mol. The van der Waals surface area contributed by atoms with Crippen molar-refractivity contribution in [2.45, 2.75) is 45.7 Å². The summed E-state index contributed by atoms with van der Waals surface area (Å²) in [5, 5.41) is 3.40. The van der Waals surface area contributed by atoms with Crippen molar-refractivity contribution in [2.24, 2.45) is 5.92 Å². The molecular weight excluding hydrogens is 320 g/mol. The highest BCUT2D eigenvalue weighted by Gasteiger charge is 2.19. The third kappa shape index (κ3) is 5.43. The van der Waals surface area contributed by atoms with Crippen LogP contribution in [0, 0.1) is 12.8 Å². The molecular formula is C23H30N2O. The van der Waals surface area contributed by atoms with Gasteiger partial charge in [-0.1, -0.05) is 54.6 Å². The Morgan fingerprint density at radius 2 is 1.69 bits per heavy atom. The van der Waals surface area contributed by atoms with E-state index in [1.165, 1.54) is 29.5 Å². The Kier molecular flexibility index (Phi) is 6.84. The van der Waals surface area contributed by atoms with Crippen LogP contribution >= 0.6 is 0 Å². The molecule has 0 saturated carbocycles. The molecule has 3 heteroatoms. The standard InChI is InChI=1S/C23H30N2O/c1-19-7-5-6-10-22(19)18-25(17-21-8-3-2-4-9-21)23(26)12-11-20-13-15-24-16-14-20/h2-10,20,24H,11-18H2,1H3. The summed E-state index contributed by atoms with van der Waals surface area (Å²) >= 11 is 0. The van der Waals surface area contributed by atoms with E-state index in [0.29, 0.717) is 25.4 Å². The van der Waals surface area contributed by atoms with Crippen molar-refractivity contribution in [3.05, 3.63) is 71.3 Å². The molecule has 1 aliphatic heterocycles. The van der Waals surface area contributed by atoms with Crippen LogP contribution in [0.5, 0.6) is 0 Å². The molecule has 1 aliphatic rings. The average Bonchev–Trinajstić information content (AvgIpc) is 2.69. The molecule has 1 amide bonds. The second-order valence-corrected chi connectivity index (χ2v) is 7.39. The molecule has 0 aromatic heterocycles. The molecule has 1 fully saturated rings. The van der Waals surface area contributed by atoms with Crippen LogP contribution in [-0.4, -0.2) is 23.9 Å². The summed E-state index contributed by atoms with van der Waals surface area (Å²) in [5.41, 5.74) is 3.67. The van der Waals surface area contributed by atoms with Gasteiger partial charge in [-0.25, -0.2) is 0 Å². The number of aryl methyl sites for hydroxylation is 1. The fourth-order valence-corrected chi connectivity index (χ4v) is 3.69. The van der Waals surface area contributed by atoms with Crippen LogP contribution in [0.25, 0.3) is 0 Å². The van der Waals surface area contributed by atoms with Gasteiger partial charge < -0.3 is 10.2 Å². The number of benzene rings is 2. The van der Waals surface area contributed by atoms with Crippen LogP contribution in [0.1, 0.15) is 42.4 Å². The predicted octanol–water partition coefficient (Wildman–Crippen LogP) is 4.30. The molecule has 3 nitrogen and oxygen atoms in total. The summed E-state index contributed by atoms with van der Waals surface area (Å²) in [6, 6.07) is 18.7. The van der Waals surface area contributed by atoms with Crippen molar-refractivity contribution in [3.8, 4) is 0 Å². The first-order valence-electron chi connectivity index (χ1n) is 9.79. The Balaban J connectivity index is 1.66. The Morgan fingerprint density at radius 3 is 2.42 bits per heavy atom. The molecule has 1 N–H and O–H groups in total. The Labute approximate surface area is 157 Å². The highest BCUT2D eigenvalue weighted by atomic mass is 16.2. The third-order valence-electron chi connectivity index (χ3n) is 5.42. The van der Waals surface area contributed by atoms with Crippen LogP contribution < -0.4 is 5.32 Å². The van der Waals surface area contributed by atoms with Crippen LogP contribution in [0.3, 0.4) is 0 Å². The summed E-state index contributed by atoms with van der Waals surface area (Å²) in [6.07, 6.45) is 4.07. The topological polar surface area (TPSA) is 32.3 Å². The lowest BCUT2D eigenvalue weighted by atomic mass is 9.93. The zero-order valence-electron chi connectivity index (χ0n) is 15.8. The molecule has 0 atom stereocenters. The predicted molar refractivity (Wildman–Crippen MR) is 107 cm³/mol. The van der Waals surface area contributed by atoms with E-state index in [4.69, 9.17) is 0 Å². The van der Waals surface area contributed by atoms with E-state index in [-0.39, 0.29) is 5.91 Å². The molecule has 1 saturated heterocycles. The van der Waals surface area contributed by atoms with Gasteiger partial charge in [0.2, 0.25) is 5.91 Å². The SMILES string of the molecule is Cc1ccccc1CN(Cc1ccccc1)C(=O)CCC1CCNCC1. The lowest BCUT2D eigenvalue weighted by Gasteiger charge is -2.26. The van der Waals surface area contributed by atoms with Crippen molar-refractivity contribution >= 4 is 5.91 Å². The quantitative estimate of drug-likeness (QED) is 0.807. The number of amides is 1. The molecule has 0 bridgehead atoms. The van der Waals surface area contributed by atoms with Gasteiger partial charge in [0.1, 0.15) is 0 Å². The maximum Gasteiger partial charge on any atom is 0.223 e. The second-order valence-electron chi connectivity index (χ2n) is 7.39. The van der Waals surface area contributed by atoms with Gasteiger partial charge in [-0.2, -0.15) is 0 Å². The molecule has 0 spiro atoms. The Hall–Kier alpha value is -2.13. The van der Waals surface area contributed by atoms with Crippen molar-refractivity contribution in [3.63, 3.8) is 0 Å². The molecule has 1 heterocycles. The van der Waals surface area contributed by atoms with E-state index in [1.807, 2.05) is 23.1 Å². The van der Waals surface area contributed by atoms with Crippen molar-refractivity contribution in [1.82, 2.24) is 10.2 Å². The lowest BCUT2D eigenvalue weighted by molar-refractivity contribution is -0.132. The molecule has 138 valence electrons. The third-order valence-corrected chi connectivity index (χ3v) is 5.42. The van der Waals surface area contributed by atoms with Gasteiger partial charge in [-0.15, -0.1) is 0 Å². The summed E-state index contributed by atoms with van der Waals surface area (Å²) < 4.78 is 0. The number of piperidine rings is 1. The van der Waals surface area contributed by atoms with Gasteiger partial charge >= 0.3 is 0 Å². The van der Waals surface area contributed by atoms with E-state index in [0.717, 1.165) is 19.5 Å². The number of nitrogens with one attached hydrogen (secondary N) is 1. The maximum atomic E-state index is 13.0. The van der Waals surface area contributed by atoms with Gasteiger partial charge in [0, 0.05) is 19.5 Å².